The summed E-state index contributed by atoms with van der Waals surface area (Å²) in [7, 11) is 0. The zero-order valence-corrected chi connectivity index (χ0v) is 10.2. The lowest BCUT2D eigenvalue weighted by molar-refractivity contribution is 0.378. The Bertz CT molecular complexity index is 612. The molecule has 0 saturated carbocycles. The molecular weight excluding hydrogens is 283 g/mol. The molecule has 0 aliphatic heterocycles. The zero-order chi connectivity index (χ0) is 14.9. The van der Waals surface area contributed by atoms with Crippen molar-refractivity contribution in [2.75, 3.05) is 6.54 Å². The predicted molar refractivity (Wildman–Crippen MR) is 59.1 cm³/mol. The van der Waals surface area contributed by atoms with Crippen molar-refractivity contribution in [1.29, 1.82) is 0 Å². The summed E-state index contributed by atoms with van der Waals surface area (Å²) in [4.78, 5) is 3.69. The summed E-state index contributed by atoms with van der Waals surface area (Å²) >= 11 is 0. The molecule has 20 heavy (non-hydrogen) atoms. The van der Waals surface area contributed by atoms with Gasteiger partial charge in [0.15, 0.2) is 23.3 Å². The van der Waals surface area contributed by atoms with Gasteiger partial charge in [-0.1, -0.05) is 6.92 Å². The van der Waals surface area contributed by atoms with Crippen molar-refractivity contribution < 1.29 is 26.4 Å². The smallest absolute Gasteiger partial charge is 0.232 e. The summed E-state index contributed by atoms with van der Waals surface area (Å²) < 4.78 is 70.8. The Kier molecular flexibility index (Phi) is 4.03. The summed E-state index contributed by atoms with van der Waals surface area (Å²) in [5.41, 5.74) is -0.894. The lowest BCUT2D eigenvalue weighted by Gasteiger charge is -2.04. The monoisotopic (exact) mass is 292 g/mol. The Balaban J connectivity index is 2.50. The summed E-state index contributed by atoms with van der Waals surface area (Å²) in [6.07, 6.45) is 1.08. The highest BCUT2D eigenvalue weighted by Crippen LogP contribution is 2.30. The maximum absolute atomic E-state index is 13.5. The Hall–Kier alpha value is -1.96. The molecule has 108 valence electrons. The third kappa shape index (κ3) is 2.38. The van der Waals surface area contributed by atoms with E-state index in [9.17, 15) is 22.0 Å². The van der Waals surface area contributed by atoms with Crippen molar-refractivity contribution in [2.24, 2.45) is 0 Å². The number of hydrogen-bond acceptors (Lipinski definition) is 3. The van der Waals surface area contributed by atoms with Gasteiger partial charge in [-0.05, 0) is 6.54 Å². The molecule has 0 atom stereocenters. The molecule has 2 aromatic rings. The van der Waals surface area contributed by atoms with Gasteiger partial charge in [-0.3, -0.25) is 0 Å². The topological polar surface area (TPSA) is 38.1 Å². The number of aromatic nitrogens is 1. The second-order valence-electron chi connectivity index (χ2n) is 3.87. The van der Waals surface area contributed by atoms with Crippen LogP contribution in [0.2, 0.25) is 0 Å². The Labute approximate surface area is 110 Å². The molecule has 1 N–H and O–H groups in total. The van der Waals surface area contributed by atoms with Gasteiger partial charge < -0.3 is 9.73 Å². The van der Waals surface area contributed by atoms with Gasteiger partial charge in [0.05, 0.1) is 5.69 Å². The molecule has 0 bridgehead atoms. The number of nitrogens with zero attached hydrogens (tertiary/aromatic N) is 1. The fraction of sp³-hybridized carbons (Fsp3) is 0.250. The molecule has 0 radical (unpaired) electrons. The fourth-order valence-corrected chi connectivity index (χ4v) is 1.55. The lowest BCUT2D eigenvalue weighted by atomic mass is 10.1. The lowest BCUT2D eigenvalue weighted by Crippen LogP contribution is -2.11. The molecular formula is C12H9F5N2O. The van der Waals surface area contributed by atoms with Crippen molar-refractivity contribution >= 4 is 0 Å². The minimum Gasteiger partial charge on any atom is -0.444 e. The van der Waals surface area contributed by atoms with Crippen LogP contribution in [0.4, 0.5) is 22.0 Å². The number of halogens is 5. The summed E-state index contributed by atoms with van der Waals surface area (Å²) in [6, 6.07) is 0. The van der Waals surface area contributed by atoms with Gasteiger partial charge in [-0.25, -0.2) is 26.9 Å². The van der Waals surface area contributed by atoms with Gasteiger partial charge >= 0.3 is 0 Å². The van der Waals surface area contributed by atoms with Crippen LogP contribution in [0.3, 0.4) is 0 Å². The van der Waals surface area contributed by atoms with Gasteiger partial charge in [0.1, 0.15) is 11.8 Å². The maximum atomic E-state index is 13.5. The van der Waals surface area contributed by atoms with E-state index in [2.05, 4.69) is 10.3 Å². The van der Waals surface area contributed by atoms with Crippen molar-refractivity contribution in [2.45, 2.75) is 13.5 Å². The Morgan fingerprint density at radius 1 is 1.00 bits per heavy atom. The van der Waals surface area contributed by atoms with Crippen LogP contribution in [-0.4, -0.2) is 11.5 Å². The van der Waals surface area contributed by atoms with Crippen LogP contribution in [0.5, 0.6) is 0 Å². The maximum Gasteiger partial charge on any atom is 0.232 e. The van der Waals surface area contributed by atoms with E-state index in [1.165, 1.54) is 0 Å². The fourth-order valence-electron chi connectivity index (χ4n) is 1.55. The predicted octanol–water partition coefficient (Wildman–Crippen LogP) is 3.15. The van der Waals surface area contributed by atoms with Crippen LogP contribution < -0.4 is 5.32 Å². The average Bonchev–Trinajstić information content (AvgIpc) is 2.89. The van der Waals surface area contributed by atoms with Crippen LogP contribution in [0, 0.1) is 29.1 Å². The molecule has 0 aliphatic rings. The second kappa shape index (κ2) is 5.58. The normalized spacial score (nSPS) is 11.1. The molecule has 8 heteroatoms. The van der Waals surface area contributed by atoms with E-state index in [1.54, 1.807) is 0 Å². The van der Waals surface area contributed by atoms with Gasteiger partial charge in [-0.2, -0.15) is 0 Å². The van der Waals surface area contributed by atoms with Gasteiger partial charge in [0.25, 0.3) is 0 Å². The molecule has 0 fully saturated rings. The quantitative estimate of drug-likeness (QED) is 0.534. The number of nitrogens with one attached hydrogen (secondary N) is 1. The second-order valence-corrected chi connectivity index (χ2v) is 3.87. The SMILES string of the molecule is CCNCc1coc(-c2c(F)c(F)c(F)c(F)c2F)n1. The molecule has 0 amide bonds. The first kappa shape index (κ1) is 14.4. The van der Waals surface area contributed by atoms with E-state index >= 15 is 0 Å². The van der Waals surface area contributed by atoms with Crippen molar-refractivity contribution in [3.05, 3.63) is 41.0 Å². The molecule has 0 unspecified atom stereocenters. The number of hydrogen-bond donors (Lipinski definition) is 1. The van der Waals surface area contributed by atoms with Crippen LogP contribution in [0.15, 0.2) is 10.7 Å². The minimum atomic E-state index is -2.22. The van der Waals surface area contributed by atoms with E-state index in [0.29, 0.717) is 6.54 Å². The van der Waals surface area contributed by atoms with E-state index in [4.69, 9.17) is 4.42 Å². The van der Waals surface area contributed by atoms with Crippen LogP contribution >= 0.6 is 0 Å². The largest absolute Gasteiger partial charge is 0.444 e. The molecule has 2 rings (SSSR count). The molecule has 0 spiro atoms. The highest BCUT2D eigenvalue weighted by atomic mass is 19.2. The first-order valence-electron chi connectivity index (χ1n) is 5.64. The Morgan fingerprint density at radius 2 is 1.55 bits per heavy atom. The standard InChI is InChI=1S/C12H9F5N2O/c1-2-18-3-5-4-20-12(19-5)6-7(13)9(15)11(17)10(16)8(6)14/h4,18H,2-3H2,1H3. The third-order valence-corrected chi connectivity index (χ3v) is 2.53. The highest BCUT2D eigenvalue weighted by molar-refractivity contribution is 5.56. The number of benzene rings is 1. The summed E-state index contributed by atoms with van der Waals surface area (Å²) in [6.45, 7) is 2.69. The first-order valence-corrected chi connectivity index (χ1v) is 5.64. The van der Waals surface area contributed by atoms with E-state index in [1.807, 2.05) is 6.92 Å². The molecule has 0 aliphatic carbocycles. The highest BCUT2D eigenvalue weighted by Gasteiger charge is 2.29. The third-order valence-electron chi connectivity index (χ3n) is 2.53. The minimum absolute atomic E-state index is 0.245. The number of oxazole rings is 1. The van der Waals surface area contributed by atoms with Gasteiger partial charge in [0, 0.05) is 6.54 Å². The molecule has 0 saturated heterocycles. The summed E-state index contributed by atoms with van der Waals surface area (Å²) in [5, 5.41) is 2.87. The summed E-state index contributed by atoms with van der Waals surface area (Å²) in [5.74, 6) is -10.9. The van der Waals surface area contributed by atoms with Crippen molar-refractivity contribution in [3.63, 3.8) is 0 Å². The average molecular weight is 292 g/mol. The van der Waals surface area contributed by atoms with Crippen LogP contribution in [-0.2, 0) is 6.54 Å². The number of rotatable bonds is 4. The van der Waals surface area contributed by atoms with Crippen molar-refractivity contribution in [3.8, 4) is 11.5 Å². The van der Waals surface area contributed by atoms with Crippen molar-refractivity contribution in [1.82, 2.24) is 10.3 Å². The van der Waals surface area contributed by atoms with Gasteiger partial charge in [0.2, 0.25) is 11.7 Å². The van der Waals surface area contributed by atoms with E-state index in [0.717, 1.165) is 6.26 Å². The first-order chi connectivity index (χ1) is 9.47. The van der Waals surface area contributed by atoms with Crippen LogP contribution in [0.1, 0.15) is 12.6 Å². The molecule has 1 heterocycles. The molecule has 1 aromatic heterocycles. The molecule has 1 aromatic carbocycles. The zero-order valence-electron chi connectivity index (χ0n) is 10.2. The Morgan fingerprint density at radius 3 is 2.10 bits per heavy atom. The van der Waals surface area contributed by atoms with Gasteiger partial charge in [-0.15, -0.1) is 0 Å². The van der Waals surface area contributed by atoms with E-state index in [-0.39, 0.29) is 12.2 Å². The van der Waals surface area contributed by atoms with Crippen LogP contribution in [0.25, 0.3) is 11.5 Å². The van der Waals surface area contributed by atoms with E-state index < -0.39 is 40.5 Å². The molecule has 3 nitrogen and oxygen atoms in total.